The Hall–Kier alpha value is -3.23. The van der Waals surface area contributed by atoms with E-state index in [2.05, 4.69) is 20.4 Å². The summed E-state index contributed by atoms with van der Waals surface area (Å²) in [5.74, 6) is 2.06. The Labute approximate surface area is 202 Å². The Morgan fingerprint density at radius 3 is 2.18 bits per heavy atom. The van der Waals surface area contributed by atoms with Crippen molar-refractivity contribution in [1.29, 1.82) is 0 Å². The summed E-state index contributed by atoms with van der Waals surface area (Å²) in [6, 6.07) is 14.2. The van der Waals surface area contributed by atoms with Crippen LogP contribution in [0.15, 0.2) is 48.5 Å². The van der Waals surface area contributed by atoms with Crippen molar-refractivity contribution < 1.29 is 14.3 Å². The van der Waals surface area contributed by atoms with E-state index < -0.39 is 0 Å². The van der Waals surface area contributed by atoms with E-state index in [0.29, 0.717) is 53.4 Å². The van der Waals surface area contributed by atoms with Gasteiger partial charge in [0.2, 0.25) is 0 Å². The van der Waals surface area contributed by atoms with E-state index in [-0.39, 0.29) is 6.03 Å². The lowest BCUT2D eigenvalue weighted by Crippen LogP contribution is -2.50. The zero-order valence-electron chi connectivity index (χ0n) is 18.2. The predicted octanol–water partition coefficient (Wildman–Crippen LogP) is 4.82. The molecule has 0 saturated carbocycles. The molecular formula is C23H23Cl2N5O3. The summed E-state index contributed by atoms with van der Waals surface area (Å²) in [4.78, 5) is 16.4. The van der Waals surface area contributed by atoms with Crippen molar-refractivity contribution >= 4 is 40.7 Å². The summed E-state index contributed by atoms with van der Waals surface area (Å²) < 4.78 is 10.6. The zero-order chi connectivity index (χ0) is 23.4. The fourth-order valence-electron chi connectivity index (χ4n) is 3.61. The minimum Gasteiger partial charge on any atom is -0.493 e. The number of carbonyl (C=O) groups is 1. The number of hydrogen-bond donors (Lipinski definition) is 1. The molecule has 172 valence electrons. The van der Waals surface area contributed by atoms with Crippen LogP contribution >= 0.6 is 23.2 Å². The number of urea groups is 1. The molecular weight excluding hydrogens is 465 g/mol. The number of nitrogens with one attached hydrogen (secondary N) is 1. The number of hydrogen-bond acceptors (Lipinski definition) is 6. The van der Waals surface area contributed by atoms with Crippen LogP contribution in [0.2, 0.25) is 10.0 Å². The van der Waals surface area contributed by atoms with Crippen LogP contribution in [-0.2, 0) is 0 Å². The molecule has 2 aromatic carbocycles. The third-order valence-electron chi connectivity index (χ3n) is 5.33. The number of amides is 2. The third kappa shape index (κ3) is 5.40. The molecule has 8 nitrogen and oxygen atoms in total. The van der Waals surface area contributed by atoms with E-state index in [1.807, 2.05) is 30.3 Å². The van der Waals surface area contributed by atoms with Gasteiger partial charge in [0.1, 0.15) is 0 Å². The van der Waals surface area contributed by atoms with Gasteiger partial charge < -0.3 is 24.6 Å². The minimum atomic E-state index is -0.192. The first-order valence-corrected chi connectivity index (χ1v) is 11.1. The number of benzene rings is 2. The Balaban J connectivity index is 1.36. The van der Waals surface area contributed by atoms with Crippen molar-refractivity contribution in [1.82, 2.24) is 15.1 Å². The summed E-state index contributed by atoms with van der Waals surface area (Å²) in [6.45, 7) is 2.40. The van der Waals surface area contributed by atoms with Gasteiger partial charge in [0.15, 0.2) is 17.3 Å². The largest absolute Gasteiger partial charge is 0.493 e. The van der Waals surface area contributed by atoms with Gasteiger partial charge >= 0.3 is 6.03 Å². The quantitative estimate of drug-likeness (QED) is 0.555. The maximum atomic E-state index is 12.6. The molecule has 1 N–H and O–H groups in total. The van der Waals surface area contributed by atoms with Gasteiger partial charge in [-0.3, -0.25) is 0 Å². The second-order valence-electron chi connectivity index (χ2n) is 7.41. The number of halogens is 2. The first kappa shape index (κ1) is 22.9. The van der Waals surface area contributed by atoms with Crippen LogP contribution in [0.4, 0.5) is 16.3 Å². The first-order valence-electron chi connectivity index (χ1n) is 10.3. The molecule has 1 saturated heterocycles. The lowest BCUT2D eigenvalue weighted by molar-refractivity contribution is 0.208. The molecule has 0 unspecified atom stereocenters. The maximum absolute atomic E-state index is 12.6. The molecule has 33 heavy (non-hydrogen) atoms. The molecule has 10 heteroatoms. The van der Waals surface area contributed by atoms with Gasteiger partial charge in [-0.25, -0.2) is 4.79 Å². The van der Waals surface area contributed by atoms with Crippen LogP contribution < -0.4 is 19.7 Å². The molecule has 0 spiro atoms. The fourth-order valence-corrected chi connectivity index (χ4v) is 4.14. The van der Waals surface area contributed by atoms with Crippen LogP contribution in [0.25, 0.3) is 11.3 Å². The van der Waals surface area contributed by atoms with Crippen molar-refractivity contribution in [2.75, 3.05) is 50.6 Å². The van der Waals surface area contributed by atoms with Crippen LogP contribution in [-0.4, -0.2) is 61.5 Å². The number of piperazine rings is 1. The molecule has 0 aliphatic carbocycles. The first-order chi connectivity index (χ1) is 16.0. The third-order valence-corrected chi connectivity index (χ3v) is 5.77. The second-order valence-corrected chi connectivity index (χ2v) is 8.28. The van der Waals surface area contributed by atoms with Gasteiger partial charge in [0, 0.05) is 47.5 Å². The number of ether oxygens (including phenoxy) is 2. The predicted molar refractivity (Wildman–Crippen MR) is 130 cm³/mol. The van der Waals surface area contributed by atoms with Crippen molar-refractivity contribution in [2.24, 2.45) is 0 Å². The molecule has 4 rings (SSSR count). The maximum Gasteiger partial charge on any atom is 0.321 e. The second kappa shape index (κ2) is 10.1. The van der Waals surface area contributed by atoms with Crippen molar-refractivity contribution in [3.05, 3.63) is 58.6 Å². The van der Waals surface area contributed by atoms with Gasteiger partial charge in [0.05, 0.1) is 19.9 Å². The van der Waals surface area contributed by atoms with Gasteiger partial charge in [0.25, 0.3) is 0 Å². The van der Waals surface area contributed by atoms with E-state index in [9.17, 15) is 4.79 Å². The van der Waals surface area contributed by atoms with Crippen LogP contribution in [0.5, 0.6) is 11.5 Å². The fraction of sp³-hybridized carbons (Fsp3) is 0.261. The van der Waals surface area contributed by atoms with Crippen molar-refractivity contribution in [3.8, 4) is 22.8 Å². The zero-order valence-corrected chi connectivity index (χ0v) is 19.7. The standard InChI is InChI=1S/C23H23Cl2N5O3/c1-32-20-5-3-15(11-21(20)33-2)19-4-6-22(28-27-19)29-7-9-30(10-8-29)23(31)26-18-13-16(24)12-17(25)14-18/h3-6,11-14H,7-10H2,1-2H3,(H,26,31). The average Bonchev–Trinajstić information content (AvgIpc) is 2.83. The highest BCUT2D eigenvalue weighted by molar-refractivity contribution is 6.35. The summed E-state index contributed by atoms with van der Waals surface area (Å²) in [5, 5.41) is 12.5. The number of rotatable bonds is 5. The Morgan fingerprint density at radius 1 is 0.879 bits per heavy atom. The van der Waals surface area contributed by atoms with Gasteiger partial charge in [-0.2, -0.15) is 0 Å². The molecule has 1 fully saturated rings. The number of nitrogens with zero attached hydrogens (tertiary/aromatic N) is 4. The molecule has 0 bridgehead atoms. The molecule has 0 radical (unpaired) electrons. The number of aromatic nitrogens is 2. The summed E-state index contributed by atoms with van der Waals surface area (Å²) in [6.07, 6.45) is 0. The van der Waals surface area contributed by atoms with Crippen molar-refractivity contribution in [2.45, 2.75) is 0 Å². The highest BCUT2D eigenvalue weighted by Gasteiger charge is 2.22. The monoisotopic (exact) mass is 487 g/mol. The lowest BCUT2D eigenvalue weighted by Gasteiger charge is -2.35. The number of carbonyl (C=O) groups excluding carboxylic acids is 1. The molecule has 0 atom stereocenters. The van der Waals surface area contributed by atoms with Crippen LogP contribution in [0, 0.1) is 0 Å². The summed E-state index contributed by atoms with van der Waals surface area (Å²) >= 11 is 12.0. The SMILES string of the molecule is COc1ccc(-c2ccc(N3CCN(C(=O)Nc4cc(Cl)cc(Cl)c4)CC3)nn2)cc1OC. The highest BCUT2D eigenvalue weighted by Crippen LogP contribution is 2.31. The summed E-state index contributed by atoms with van der Waals surface area (Å²) in [7, 11) is 3.20. The molecule has 3 aromatic rings. The molecule has 2 amide bonds. The lowest BCUT2D eigenvalue weighted by atomic mass is 10.1. The number of anilines is 2. The smallest absolute Gasteiger partial charge is 0.321 e. The van der Waals surface area contributed by atoms with Gasteiger partial charge in [-0.05, 0) is 48.5 Å². The van der Waals surface area contributed by atoms with E-state index in [1.165, 1.54) is 0 Å². The number of methoxy groups -OCH3 is 2. The van der Waals surface area contributed by atoms with Gasteiger partial charge in [-0.15, -0.1) is 10.2 Å². The van der Waals surface area contributed by atoms with E-state index in [4.69, 9.17) is 32.7 Å². The van der Waals surface area contributed by atoms with Crippen molar-refractivity contribution in [3.63, 3.8) is 0 Å². The summed E-state index contributed by atoms with van der Waals surface area (Å²) in [5.41, 5.74) is 2.18. The molecule has 2 heterocycles. The molecule has 1 aliphatic heterocycles. The van der Waals surface area contributed by atoms with Crippen LogP contribution in [0.3, 0.4) is 0 Å². The van der Waals surface area contributed by atoms with Crippen LogP contribution in [0.1, 0.15) is 0 Å². The molecule has 1 aromatic heterocycles. The normalized spacial score (nSPS) is 13.6. The van der Waals surface area contributed by atoms with Gasteiger partial charge in [-0.1, -0.05) is 23.2 Å². The van der Waals surface area contributed by atoms with E-state index >= 15 is 0 Å². The topological polar surface area (TPSA) is 79.8 Å². The average molecular weight is 488 g/mol. The molecule has 1 aliphatic rings. The van der Waals surface area contributed by atoms with E-state index in [1.54, 1.807) is 37.3 Å². The Morgan fingerprint density at radius 2 is 1.58 bits per heavy atom. The minimum absolute atomic E-state index is 0.192. The highest BCUT2D eigenvalue weighted by atomic mass is 35.5. The Kier molecular flexibility index (Phi) is 7.05. The Bertz CT molecular complexity index is 1120. The van der Waals surface area contributed by atoms with E-state index in [0.717, 1.165) is 17.1 Å².